The molecule has 0 bridgehead atoms. The molecule has 3 aromatic rings. The zero-order chi connectivity index (χ0) is 19.5. The SMILES string of the molecule is COc1ccccc1Nc1nnc(S[C@H](C)C(=O)N2CCc3ccccc32)s1. The minimum Gasteiger partial charge on any atom is -0.495 e. The molecule has 1 aromatic heterocycles. The van der Waals surface area contributed by atoms with E-state index >= 15 is 0 Å². The molecule has 1 aliphatic heterocycles. The molecule has 0 saturated carbocycles. The first-order chi connectivity index (χ1) is 13.7. The van der Waals surface area contributed by atoms with Crippen LogP contribution in [0.3, 0.4) is 0 Å². The third-order valence-corrected chi connectivity index (χ3v) is 6.54. The standard InChI is InChI=1S/C20H20N4O2S2/c1-13(18(25)24-12-11-14-7-3-5-9-16(14)24)27-20-23-22-19(28-20)21-15-8-4-6-10-17(15)26-2/h3-10,13H,11-12H2,1-2H3,(H,21,22)/t13-/m1/s1. The number of rotatable bonds is 6. The van der Waals surface area contributed by atoms with Crippen LogP contribution in [0.2, 0.25) is 0 Å². The zero-order valence-electron chi connectivity index (χ0n) is 15.6. The van der Waals surface area contributed by atoms with Gasteiger partial charge in [0.25, 0.3) is 0 Å². The molecule has 0 saturated heterocycles. The van der Waals surface area contributed by atoms with Crippen molar-refractivity contribution >= 4 is 45.5 Å². The average molecular weight is 413 g/mol. The average Bonchev–Trinajstić information content (AvgIpc) is 3.34. The predicted molar refractivity (Wildman–Crippen MR) is 114 cm³/mol. The second-order valence-electron chi connectivity index (χ2n) is 6.33. The third-order valence-electron chi connectivity index (χ3n) is 4.53. The molecular weight excluding hydrogens is 392 g/mol. The molecule has 2 heterocycles. The van der Waals surface area contributed by atoms with Crippen LogP contribution >= 0.6 is 23.1 Å². The van der Waals surface area contributed by atoms with E-state index in [2.05, 4.69) is 21.6 Å². The highest BCUT2D eigenvalue weighted by Crippen LogP contribution is 2.35. The van der Waals surface area contributed by atoms with Crippen LogP contribution in [-0.4, -0.2) is 35.0 Å². The van der Waals surface area contributed by atoms with Crippen LogP contribution < -0.4 is 15.0 Å². The van der Waals surface area contributed by atoms with Crippen molar-refractivity contribution in [1.29, 1.82) is 0 Å². The summed E-state index contributed by atoms with van der Waals surface area (Å²) < 4.78 is 6.10. The summed E-state index contributed by atoms with van der Waals surface area (Å²) in [6, 6.07) is 15.7. The van der Waals surface area contributed by atoms with Crippen molar-refractivity contribution in [2.45, 2.75) is 22.9 Å². The molecule has 4 rings (SSSR count). The topological polar surface area (TPSA) is 67.3 Å². The van der Waals surface area contributed by atoms with Crippen molar-refractivity contribution in [3.63, 3.8) is 0 Å². The smallest absolute Gasteiger partial charge is 0.240 e. The van der Waals surface area contributed by atoms with Crippen molar-refractivity contribution in [3.8, 4) is 5.75 Å². The number of hydrogen-bond donors (Lipinski definition) is 1. The Morgan fingerprint density at radius 1 is 1.21 bits per heavy atom. The monoisotopic (exact) mass is 412 g/mol. The number of hydrogen-bond acceptors (Lipinski definition) is 7. The van der Waals surface area contributed by atoms with Crippen LogP contribution in [0, 0.1) is 0 Å². The Morgan fingerprint density at radius 3 is 2.86 bits per heavy atom. The van der Waals surface area contributed by atoms with Crippen LogP contribution in [0.15, 0.2) is 52.9 Å². The number of para-hydroxylation sites is 3. The summed E-state index contributed by atoms with van der Waals surface area (Å²) in [5.41, 5.74) is 3.08. The zero-order valence-corrected chi connectivity index (χ0v) is 17.2. The van der Waals surface area contributed by atoms with Crippen LogP contribution in [-0.2, 0) is 11.2 Å². The number of nitrogens with zero attached hydrogens (tertiary/aromatic N) is 3. The molecule has 0 fully saturated rings. The minimum atomic E-state index is -0.238. The molecule has 0 aliphatic carbocycles. The molecule has 144 valence electrons. The number of amides is 1. The largest absolute Gasteiger partial charge is 0.495 e. The number of nitrogens with one attached hydrogen (secondary N) is 1. The van der Waals surface area contributed by atoms with Gasteiger partial charge >= 0.3 is 0 Å². The Balaban J connectivity index is 1.42. The van der Waals surface area contributed by atoms with E-state index in [0.717, 1.165) is 34.4 Å². The molecule has 0 unspecified atom stereocenters. The summed E-state index contributed by atoms with van der Waals surface area (Å²) >= 11 is 2.86. The van der Waals surface area contributed by atoms with Gasteiger partial charge in [0, 0.05) is 12.2 Å². The minimum absolute atomic E-state index is 0.101. The highest BCUT2D eigenvalue weighted by Gasteiger charge is 2.28. The lowest BCUT2D eigenvalue weighted by Gasteiger charge is -2.20. The van der Waals surface area contributed by atoms with Crippen LogP contribution in [0.1, 0.15) is 12.5 Å². The van der Waals surface area contributed by atoms with E-state index in [4.69, 9.17) is 4.74 Å². The second kappa shape index (κ2) is 8.20. The maximum absolute atomic E-state index is 12.9. The van der Waals surface area contributed by atoms with Gasteiger partial charge in [0.1, 0.15) is 5.75 Å². The lowest BCUT2D eigenvalue weighted by Crippen LogP contribution is -2.35. The number of fused-ring (bicyclic) bond motifs is 1. The normalized spacial score (nSPS) is 13.9. The number of aromatic nitrogens is 2. The molecule has 0 spiro atoms. The summed E-state index contributed by atoms with van der Waals surface area (Å²) in [7, 11) is 1.63. The first-order valence-corrected chi connectivity index (χ1v) is 10.6. The van der Waals surface area contributed by atoms with Gasteiger partial charge in [0.15, 0.2) is 4.34 Å². The number of benzene rings is 2. The van der Waals surface area contributed by atoms with Crippen molar-refractivity contribution < 1.29 is 9.53 Å². The molecule has 1 N–H and O–H groups in total. The summed E-state index contributed by atoms with van der Waals surface area (Å²) in [6.07, 6.45) is 0.908. The van der Waals surface area contributed by atoms with Crippen LogP contribution in [0.4, 0.5) is 16.5 Å². The Morgan fingerprint density at radius 2 is 2.00 bits per heavy atom. The van der Waals surface area contributed by atoms with E-state index in [0.29, 0.717) is 5.13 Å². The Hall–Kier alpha value is -2.58. The molecule has 0 radical (unpaired) electrons. The maximum Gasteiger partial charge on any atom is 0.240 e. The van der Waals surface area contributed by atoms with Crippen molar-refractivity contribution in [1.82, 2.24) is 10.2 Å². The lowest BCUT2D eigenvalue weighted by molar-refractivity contribution is -0.117. The molecule has 1 amide bonds. The number of carbonyl (C=O) groups excluding carboxylic acids is 1. The first-order valence-electron chi connectivity index (χ1n) is 8.95. The molecule has 1 atom stereocenters. The van der Waals surface area contributed by atoms with Gasteiger partial charge in [0.05, 0.1) is 18.0 Å². The second-order valence-corrected chi connectivity index (χ2v) is 8.89. The summed E-state index contributed by atoms with van der Waals surface area (Å²) in [4.78, 5) is 14.8. The van der Waals surface area contributed by atoms with Gasteiger partial charge < -0.3 is 15.0 Å². The van der Waals surface area contributed by atoms with Gasteiger partial charge in [-0.3, -0.25) is 4.79 Å². The molecule has 1 aliphatic rings. The molecule has 2 aromatic carbocycles. The Kier molecular flexibility index (Phi) is 5.50. The summed E-state index contributed by atoms with van der Waals surface area (Å²) in [5.74, 6) is 0.840. The van der Waals surface area contributed by atoms with E-state index in [-0.39, 0.29) is 11.2 Å². The number of methoxy groups -OCH3 is 1. The number of anilines is 3. The molecule has 6 nitrogen and oxygen atoms in total. The van der Waals surface area contributed by atoms with Crippen molar-refractivity contribution in [2.24, 2.45) is 0 Å². The quantitative estimate of drug-likeness (QED) is 0.607. The van der Waals surface area contributed by atoms with Gasteiger partial charge in [-0.2, -0.15) is 0 Å². The van der Waals surface area contributed by atoms with Gasteiger partial charge in [-0.25, -0.2) is 0 Å². The highest BCUT2D eigenvalue weighted by atomic mass is 32.2. The van der Waals surface area contributed by atoms with E-state index in [9.17, 15) is 4.79 Å². The van der Waals surface area contributed by atoms with Crippen LogP contribution in [0.5, 0.6) is 5.75 Å². The van der Waals surface area contributed by atoms with E-state index < -0.39 is 0 Å². The predicted octanol–water partition coefficient (Wildman–Crippen LogP) is 4.36. The van der Waals surface area contributed by atoms with Gasteiger partial charge in [-0.1, -0.05) is 53.4 Å². The lowest BCUT2D eigenvalue weighted by atomic mass is 10.2. The fraction of sp³-hybridized carbons (Fsp3) is 0.250. The molecular formula is C20H20N4O2S2. The highest BCUT2D eigenvalue weighted by molar-refractivity contribution is 8.02. The van der Waals surface area contributed by atoms with E-state index in [1.54, 1.807) is 7.11 Å². The maximum atomic E-state index is 12.9. The van der Waals surface area contributed by atoms with Gasteiger partial charge in [-0.15, -0.1) is 10.2 Å². The van der Waals surface area contributed by atoms with E-state index in [1.807, 2.05) is 54.3 Å². The Labute approximate surface area is 171 Å². The fourth-order valence-electron chi connectivity index (χ4n) is 3.16. The Bertz CT molecular complexity index is 992. The summed E-state index contributed by atoms with van der Waals surface area (Å²) in [6.45, 7) is 2.66. The molecule has 28 heavy (non-hydrogen) atoms. The summed E-state index contributed by atoms with van der Waals surface area (Å²) in [5, 5.41) is 12.1. The van der Waals surface area contributed by atoms with Crippen molar-refractivity contribution in [2.75, 3.05) is 23.9 Å². The number of thioether (sulfide) groups is 1. The van der Waals surface area contributed by atoms with Crippen LogP contribution in [0.25, 0.3) is 0 Å². The van der Waals surface area contributed by atoms with Gasteiger partial charge in [0.2, 0.25) is 11.0 Å². The van der Waals surface area contributed by atoms with Gasteiger partial charge in [-0.05, 0) is 37.1 Å². The molecule has 8 heteroatoms. The number of ether oxygens (including phenoxy) is 1. The fourth-order valence-corrected chi connectivity index (χ4v) is 5.13. The van der Waals surface area contributed by atoms with E-state index in [1.165, 1.54) is 28.7 Å². The number of carbonyl (C=O) groups is 1. The first kappa shape index (κ1) is 18.8. The van der Waals surface area contributed by atoms with Crippen molar-refractivity contribution in [3.05, 3.63) is 54.1 Å². The third kappa shape index (κ3) is 3.83.